The van der Waals surface area contributed by atoms with Gasteiger partial charge in [-0.3, -0.25) is 0 Å². The van der Waals surface area contributed by atoms with Crippen LogP contribution >= 0.6 is 11.6 Å². The van der Waals surface area contributed by atoms with Crippen LogP contribution in [-0.4, -0.2) is 28.9 Å². The molecule has 6 nitrogen and oxygen atoms in total. The molecule has 1 unspecified atom stereocenters. The standard InChI is InChI=1S/C17H21ClF3N3O3S/c1-9(2)16-22-15(23-27-16)11(5)24(10(3)4)28(25,26)14-7-6-12(8-13(14)18)17(19,20)21/h6-11H,1-5H3. The first kappa shape index (κ1) is 22.6. The fraction of sp³-hybridized carbons (Fsp3) is 0.529. The molecule has 1 aromatic carbocycles. The van der Waals surface area contributed by atoms with Crippen molar-refractivity contribution in [3.05, 3.63) is 40.5 Å². The van der Waals surface area contributed by atoms with E-state index in [9.17, 15) is 21.6 Å². The van der Waals surface area contributed by atoms with E-state index in [1.807, 2.05) is 13.8 Å². The van der Waals surface area contributed by atoms with Crippen molar-refractivity contribution in [1.29, 1.82) is 0 Å². The van der Waals surface area contributed by atoms with Gasteiger partial charge in [-0.1, -0.05) is 30.6 Å². The molecule has 0 bridgehead atoms. The predicted molar refractivity (Wildman–Crippen MR) is 97.4 cm³/mol. The minimum absolute atomic E-state index is 0.0399. The van der Waals surface area contributed by atoms with Crippen LogP contribution in [0.25, 0.3) is 0 Å². The van der Waals surface area contributed by atoms with Crippen LogP contribution in [0.2, 0.25) is 5.02 Å². The fourth-order valence-electron chi connectivity index (χ4n) is 2.70. The highest BCUT2D eigenvalue weighted by Crippen LogP contribution is 2.36. The molecule has 11 heteroatoms. The van der Waals surface area contributed by atoms with Gasteiger partial charge in [0.15, 0.2) is 5.82 Å². The van der Waals surface area contributed by atoms with Crippen LogP contribution in [0.5, 0.6) is 0 Å². The summed E-state index contributed by atoms with van der Waals surface area (Å²) in [5, 5.41) is 3.33. The number of aromatic nitrogens is 2. The molecule has 1 atom stereocenters. The first-order chi connectivity index (χ1) is 12.8. The Morgan fingerprint density at radius 3 is 2.18 bits per heavy atom. The number of sulfonamides is 1. The fourth-order valence-corrected chi connectivity index (χ4v) is 5.01. The quantitative estimate of drug-likeness (QED) is 0.631. The Labute approximate surface area is 166 Å². The molecule has 156 valence electrons. The summed E-state index contributed by atoms with van der Waals surface area (Å²) < 4.78 is 71.2. The molecule has 1 aromatic heterocycles. The van der Waals surface area contributed by atoms with Gasteiger partial charge in [0.2, 0.25) is 15.9 Å². The summed E-state index contributed by atoms with van der Waals surface area (Å²) in [6.45, 7) is 8.54. The molecule has 0 aliphatic rings. The zero-order chi connectivity index (χ0) is 21.4. The van der Waals surface area contributed by atoms with E-state index in [1.165, 1.54) is 0 Å². The van der Waals surface area contributed by atoms with Crippen molar-refractivity contribution in [2.24, 2.45) is 0 Å². The minimum atomic E-state index is -4.63. The molecule has 2 rings (SSSR count). The molecule has 1 heterocycles. The Morgan fingerprint density at radius 2 is 1.75 bits per heavy atom. The highest BCUT2D eigenvalue weighted by molar-refractivity contribution is 7.89. The topological polar surface area (TPSA) is 76.3 Å². The van der Waals surface area contributed by atoms with Crippen molar-refractivity contribution in [1.82, 2.24) is 14.4 Å². The molecule has 2 aromatic rings. The van der Waals surface area contributed by atoms with Gasteiger partial charge in [-0.2, -0.15) is 22.5 Å². The van der Waals surface area contributed by atoms with Gasteiger partial charge in [0.1, 0.15) is 4.90 Å². The third kappa shape index (κ3) is 4.49. The molecule has 0 radical (unpaired) electrons. The van der Waals surface area contributed by atoms with Gasteiger partial charge < -0.3 is 4.52 Å². The van der Waals surface area contributed by atoms with E-state index in [-0.39, 0.29) is 11.7 Å². The smallest absolute Gasteiger partial charge is 0.339 e. The summed E-state index contributed by atoms with van der Waals surface area (Å²) in [5.74, 6) is 0.474. The molecule has 0 spiro atoms. The predicted octanol–water partition coefficient (Wildman–Crippen LogP) is 5.03. The first-order valence-electron chi connectivity index (χ1n) is 8.50. The Bertz CT molecular complexity index is 943. The summed E-state index contributed by atoms with van der Waals surface area (Å²) in [5.41, 5.74) is -1.03. The van der Waals surface area contributed by atoms with Crippen molar-refractivity contribution < 1.29 is 26.1 Å². The van der Waals surface area contributed by atoms with Gasteiger partial charge in [-0.05, 0) is 39.0 Å². The van der Waals surface area contributed by atoms with E-state index in [1.54, 1.807) is 20.8 Å². The lowest BCUT2D eigenvalue weighted by atomic mass is 10.2. The number of rotatable bonds is 6. The molecule has 0 saturated carbocycles. The van der Waals surface area contributed by atoms with Gasteiger partial charge in [-0.15, -0.1) is 0 Å². The average Bonchev–Trinajstić information content (AvgIpc) is 3.03. The van der Waals surface area contributed by atoms with Crippen LogP contribution < -0.4 is 0 Å². The van der Waals surface area contributed by atoms with Crippen LogP contribution in [-0.2, 0) is 16.2 Å². The Kier molecular flexibility index (Phi) is 6.47. The second-order valence-corrected chi connectivity index (χ2v) is 9.11. The van der Waals surface area contributed by atoms with E-state index in [0.717, 1.165) is 10.4 Å². The third-order valence-electron chi connectivity index (χ3n) is 4.03. The lowest BCUT2D eigenvalue weighted by Gasteiger charge is -2.30. The highest BCUT2D eigenvalue weighted by Gasteiger charge is 2.37. The maximum Gasteiger partial charge on any atom is 0.416 e. The lowest BCUT2D eigenvalue weighted by molar-refractivity contribution is -0.137. The largest absolute Gasteiger partial charge is 0.416 e. The normalized spacial score (nSPS) is 14.3. The van der Waals surface area contributed by atoms with Gasteiger partial charge in [-0.25, -0.2) is 8.42 Å². The average molecular weight is 440 g/mol. The molecular weight excluding hydrogens is 419 g/mol. The second-order valence-electron chi connectivity index (χ2n) is 6.89. The number of halogens is 4. The molecule has 0 aliphatic heterocycles. The van der Waals surface area contributed by atoms with E-state index >= 15 is 0 Å². The number of alkyl halides is 3. The van der Waals surface area contributed by atoms with Crippen molar-refractivity contribution in [2.75, 3.05) is 0 Å². The maximum atomic E-state index is 13.2. The molecule has 0 N–H and O–H groups in total. The summed E-state index contributed by atoms with van der Waals surface area (Å²) >= 11 is 5.91. The molecule has 0 amide bonds. The lowest BCUT2D eigenvalue weighted by Crippen LogP contribution is -2.39. The van der Waals surface area contributed by atoms with Crippen LogP contribution in [0.15, 0.2) is 27.6 Å². The molecular formula is C17H21ClF3N3O3S. The van der Waals surface area contributed by atoms with E-state index in [2.05, 4.69) is 10.1 Å². The van der Waals surface area contributed by atoms with Gasteiger partial charge >= 0.3 is 6.18 Å². The number of hydrogen-bond acceptors (Lipinski definition) is 5. The third-order valence-corrected chi connectivity index (χ3v) is 6.66. The van der Waals surface area contributed by atoms with Crippen LogP contribution in [0, 0.1) is 0 Å². The summed E-state index contributed by atoms with van der Waals surface area (Å²) in [7, 11) is -4.24. The van der Waals surface area contributed by atoms with Crippen LogP contribution in [0.1, 0.15) is 63.9 Å². The van der Waals surface area contributed by atoms with Crippen LogP contribution in [0.4, 0.5) is 13.2 Å². The van der Waals surface area contributed by atoms with Crippen molar-refractivity contribution in [2.45, 2.75) is 63.7 Å². The van der Waals surface area contributed by atoms with Crippen molar-refractivity contribution >= 4 is 21.6 Å². The second kappa shape index (κ2) is 8.00. The highest BCUT2D eigenvalue weighted by atomic mass is 35.5. The molecule has 0 saturated heterocycles. The first-order valence-corrected chi connectivity index (χ1v) is 10.3. The Balaban J connectivity index is 2.49. The SMILES string of the molecule is CC(C)c1nc(C(C)N(C(C)C)S(=O)(=O)c2ccc(C(F)(F)F)cc2Cl)no1. The van der Waals surface area contributed by atoms with E-state index in [0.29, 0.717) is 18.0 Å². The molecule has 28 heavy (non-hydrogen) atoms. The van der Waals surface area contributed by atoms with Gasteiger partial charge in [0.25, 0.3) is 0 Å². The van der Waals surface area contributed by atoms with Gasteiger partial charge in [0, 0.05) is 12.0 Å². The Morgan fingerprint density at radius 1 is 1.14 bits per heavy atom. The van der Waals surface area contributed by atoms with Crippen molar-refractivity contribution in [3.8, 4) is 0 Å². The zero-order valence-corrected chi connectivity index (χ0v) is 17.5. The monoisotopic (exact) mass is 439 g/mol. The van der Waals surface area contributed by atoms with Crippen molar-refractivity contribution in [3.63, 3.8) is 0 Å². The van der Waals surface area contributed by atoms with E-state index in [4.69, 9.17) is 16.1 Å². The molecule has 0 aliphatic carbocycles. The van der Waals surface area contributed by atoms with E-state index < -0.39 is 43.8 Å². The summed E-state index contributed by atoms with van der Waals surface area (Å²) in [4.78, 5) is 3.80. The maximum absolute atomic E-state index is 13.2. The number of nitrogens with zero attached hydrogens (tertiary/aromatic N) is 3. The number of hydrogen-bond donors (Lipinski definition) is 0. The minimum Gasteiger partial charge on any atom is -0.339 e. The zero-order valence-electron chi connectivity index (χ0n) is 16.0. The summed E-state index contributed by atoms with van der Waals surface area (Å²) in [6.07, 6.45) is -4.63. The van der Waals surface area contributed by atoms with Crippen LogP contribution in [0.3, 0.4) is 0 Å². The molecule has 0 fully saturated rings. The van der Waals surface area contributed by atoms with Gasteiger partial charge in [0.05, 0.1) is 16.6 Å². The number of benzene rings is 1. The summed E-state index contributed by atoms with van der Waals surface area (Å²) in [6, 6.07) is 0.785. The Hall–Kier alpha value is -1.65.